The van der Waals surface area contributed by atoms with E-state index in [4.69, 9.17) is 27.9 Å². The van der Waals surface area contributed by atoms with Crippen LogP contribution < -0.4 is 10.6 Å². The quantitative estimate of drug-likeness (QED) is 0.871. The molecule has 1 saturated heterocycles. The molecule has 2 atom stereocenters. The SMILES string of the molecule is CCNc1nc(NCC2CCOC2C)c(Cl)cc1Cl. The van der Waals surface area contributed by atoms with Gasteiger partial charge in [0, 0.05) is 25.6 Å². The van der Waals surface area contributed by atoms with Crippen molar-refractivity contribution in [3.63, 3.8) is 0 Å². The number of ether oxygens (including phenoxy) is 1. The highest BCUT2D eigenvalue weighted by molar-refractivity contribution is 6.37. The highest BCUT2D eigenvalue weighted by atomic mass is 35.5. The molecule has 2 unspecified atom stereocenters. The zero-order valence-electron chi connectivity index (χ0n) is 11.2. The summed E-state index contributed by atoms with van der Waals surface area (Å²) in [5.74, 6) is 1.82. The van der Waals surface area contributed by atoms with Gasteiger partial charge >= 0.3 is 0 Å². The molecule has 0 bridgehead atoms. The van der Waals surface area contributed by atoms with Gasteiger partial charge in [0.15, 0.2) is 0 Å². The van der Waals surface area contributed by atoms with Crippen LogP contribution >= 0.6 is 23.2 Å². The van der Waals surface area contributed by atoms with Crippen molar-refractivity contribution in [2.45, 2.75) is 26.4 Å². The lowest BCUT2D eigenvalue weighted by Gasteiger charge is -2.16. The van der Waals surface area contributed by atoms with Gasteiger partial charge in [0.1, 0.15) is 11.6 Å². The molecule has 6 heteroatoms. The normalized spacial score (nSPS) is 22.5. The average molecular weight is 304 g/mol. The first-order chi connectivity index (χ1) is 9.11. The van der Waals surface area contributed by atoms with Crippen molar-refractivity contribution in [3.8, 4) is 0 Å². The van der Waals surface area contributed by atoms with E-state index < -0.39 is 0 Å². The molecule has 106 valence electrons. The topological polar surface area (TPSA) is 46.2 Å². The second kappa shape index (κ2) is 6.64. The van der Waals surface area contributed by atoms with E-state index in [1.807, 2.05) is 6.92 Å². The smallest absolute Gasteiger partial charge is 0.147 e. The number of halogens is 2. The summed E-state index contributed by atoms with van der Waals surface area (Å²) in [6.45, 7) is 6.50. The third-order valence-electron chi connectivity index (χ3n) is 3.34. The minimum Gasteiger partial charge on any atom is -0.378 e. The monoisotopic (exact) mass is 303 g/mol. The van der Waals surface area contributed by atoms with Crippen LogP contribution in [0.2, 0.25) is 10.0 Å². The van der Waals surface area contributed by atoms with E-state index in [1.54, 1.807) is 6.07 Å². The van der Waals surface area contributed by atoms with Crippen LogP contribution in [-0.2, 0) is 4.74 Å². The predicted molar refractivity (Wildman–Crippen MR) is 80.4 cm³/mol. The molecule has 0 spiro atoms. The van der Waals surface area contributed by atoms with E-state index in [1.165, 1.54) is 0 Å². The molecule has 2 rings (SSSR count). The molecule has 0 amide bonds. The standard InChI is InChI=1S/C13H19Cl2N3O/c1-3-16-12-10(14)6-11(15)13(18-12)17-7-9-4-5-19-8(9)2/h6,8-9H,3-5,7H2,1-2H3,(H2,16,17,18). The van der Waals surface area contributed by atoms with Crippen LogP contribution in [0, 0.1) is 5.92 Å². The number of hydrogen-bond acceptors (Lipinski definition) is 4. The predicted octanol–water partition coefficient (Wildman–Crippen LogP) is 3.66. The Morgan fingerprint density at radius 2 is 2.00 bits per heavy atom. The van der Waals surface area contributed by atoms with Crippen LogP contribution in [0.5, 0.6) is 0 Å². The molecule has 1 aromatic heterocycles. The Bertz CT molecular complexity index is 442. The Morgan fingerprint density at radius 1 is 1.32 bits per heavy atom. The van der Waals surface area contributed by atoms with Crippen molar-refractivity contribution >= 4 is 34.8 Å². The van der Waals surface area contributed by atoms with Gasteiger partial charge < -0.3 is 15.4 Å². The lowest BCUT2D eigenvalue weighted by atomic mass is 10.0. The highest BCUT2D eigenvalue weighted by Crippen LogP contribution is 2.30. The van der Waals surface area contributed by atoms with E-state index in [0.717, 1.165) is 26.1 Å². The summed E-state index contributed by atoms with van der Waals surface area (Å²) in [7, 11) is 0. The molecular formula is C13H19Cl2N3O. The highest BCUT2D eigenvalue weighted by Gasteiger charge is 2.24. The molecule has 1 aromatic rings. The Labute approximate surface area is 123 Å². The van der Waals surface area contributed by atoms with E-state index in [0.29, 0.717) is 27.6 Å². The fourth-order valence-corrected chi connectivity index (χ4v) is 2.65. The molecule has 0 saturated carbocycles. The molecule has 1 fully saturated rings. The van der Waals surface area contributed by atoms with Crippen molar-refractivity contribution in [2.24, 2.45) is 5.92 Å². The lowest BCUT2D eigenvalue weighted by molar-refractivity contribution is 0.108. The zero-order chi connectivity index (χ0) is 13.8. The van der Waals surface area contributed by atoms with Gasteiger partial charge in [0.05, 0.1) is 16.1 Å². The van der Waals surface area contributed by atoms with Gasteiger partial charge in [0.25, 0.3) is 0 Å². The number of hydrogen-bond donors (Lipinski definition) is 2. The van der Waals surface area contributed by atoms with Crippen LogP contribution in [0.25, 0.3) is 0 Å². The van der Waals surface area contributed by atoms with Gasteiger partial charge in [-0.1, -0.05) is 23.2 Å². The summed E-state index contributed by atoms with van der Waals surface area (Å²) in [5.41, 5.74) is 0. The molecular weight excluding hydrogens is 285 g/mol. The Kier molecular flexibility index (Phi) is 5.13. The van der Waals surface area contributed by atoms with E-state index >= 15 is 0 Å². The minimum absolute atomic E-state index is 0.284. The molecule has 4 nitrogen and oxygen atoms in total. The Hall–Kier alpha value is -0.710. The van der Waals surface area contributed by atoms with Gasteiger partial charge in [-0.05, 0) is 26.3 Å². The van der Waals surface area contributed by atoms with Gasteiger partial charge in [-0.3, -0.25) is 0 Å². The van der Waals surface area contributed by atoms with Crippen molar-refractivity contribution in [1.29, 1.82) is 0 Å². The van der Waals surface area contributed by atoms with Gasteiger partial charge in [0.2, 0.25) is 0 Å². The maximum absolute atomic E-state index is 6.16. The number of aromatic nitrogens is 1. The van der Waals surface area contributed by atoms with Crippen LogP contribution in [0.3, 0.4) is 0 Å². The first-order valence-corrected chi connectivity index (χ1v) is 7.32. The molecule has 2 heterocycles. The second-order valence-electron chi connectivity index (χ2n) is 4.69. The zero-order valence-corrected chi connectivity index (χ0v) is 12.7. The first kappa shape index (κ1) is 14.7. The summed E-state index contributed by atoms with van der Waals surface area (Å²) in [4.78, 5) is 4.42. The third-order valence-corrected chi connectivity index (χ3v) is 3.91. The maximum Gasteiger partial charge on any atom is 0.147 e. The lowest BCUT2D eigenvalue weighted by Crippen LogP contribution is -2.21. The van der Waals surface area contributed by atoms with Gasteiger partial charge in [-0.25, -0.2) is 4.98 Å². The van der Waals surface area contributed by atoms with Gasteiger partial charge in [-0.15, -0.1) is 0 Å². The molecule has 19 heavy (non-hydrogen) atoms. The summed E-state index contributed by atoms with van der Waals surface area (Å²) in [5, 5.41) is 7.48. The number of rotatable bonds is 5. The molecule has 1 aliphatic heterocycles. The number of pyridine rings is 1. The third kappa shape index (κ3) is 3.65. The molecule has 0 aromatic carbocycles. The van der Waals surface area contributed by atoms with Crippen molar-refractivity contribution in [1.82, 2.24) is 4.98 Å². The van der Waals surface area contributed by atoms with Crippen LogP contribution in [0.4, 0.5) is 11.6 Å². The summed E-state index contributed by atoms with van der Waals surface area (Å²) < 4.78 is 5.54. The van der Waals surface area contributed by atoms with Crippen molar-refractivity contribution in [2.75, 3.05) is 30.3 Å². The summed E-state index contributed by atoms with van der Waals surface area (Å²) in [6.07, 6.45) is 1.35. The Morgan fingerprint density at radius 3 is 2.58 bits per heavy atom. The minimum atomic E-state index is 0.284. The fourth-order valence-electron chi connectivity index (χ4n) is 2.15. The first-order valence-electron chi connectivity index (χ1n) is 6.57. The van der Waals surface area contributed by atoms with E-state index in [2.05, 4.69) is 22.5 Å². The average Bonchev–Trinajstić information content (AvgIpc) is 2.77. The Balaban J connectivity index is 2.04. The fraction of sp³-hybridized carbons (Fsp3) is 0.615. The molecule has 0 aliphatic carbocycles. The van der Waals surface area contributed by atoms with Crippen LogP contribution in [0.15, 0.2) is 6.07 Å². The molecule has 2 N–H and O–H groups in total. The second-order valence-corrected chi connectivity index (χ2v) is 5.50. The van der Waals surface area contributed by atoms with Crippen molar-refractivity contribution in [3.05, 3.63) is 16.1 Å². The molecule has 1 aliphatic rings. The van der Waals surface area contributed by atoms with E-state index in [-0.39, 0.29) is 6.10 Å². The summed E-state index contributed by atoms with van der Waals surface area (Å²) in [6, 6.07) is 1.71. The number of anilines is 2. The number of nitrogens with zero attached hydrogens (tertiary/aromatic N) is 1. The summed E-state index contributed by atoms with van der Waals surface area (Å²) >= 11 is 12.2. The van der Waals surface area contributed by atoms with E-state index in [9.17, 15) is 0 Å². The number of nitrogens with one attached hydrogen (secondary N) is 2. The van der Waals surface area contributed by atoms with Gasteiger partial charge in [-0.2, -0.15) is 0 Å². The largest absolute Gasteiger partial charge is 0.378 e. The van der Waals surface area contributed by atoms with Crippen LogP contribution in [-0.4, -0.2) is 30.8 Å². The van der Waals surface area contributed by atoms with Crippen molar-refractivity contribution < 1.29 is 4.74 Å². The molecule has 0 radical (unpaired) electrons. The van der Waals surface area contributed by atoms with Crippen LogP contribution in [0.1, 0.15) is 20.3 Å². The maximum atomic E-state index is 6.16.